The summed E-state index contributed by atoms with van der Waals surface area (Å²) in [4.78, 5) is 13.5. The molecule has 0 spiro atoms. The summed E-state index contributed by atoms with van der Waals surface area (Å²) in [6.07, 6.45) is 0.897. The van der Waals surface area contributed by atoms with Crippen LogP contribution in [0.25, 0.3) is 0 Å². The van der Waals surface area contributed by atoms with Gasteiger partial charge >= 0.3 is 6.03 Å². The molecule has 0 saturated carbocycles. The van der Waals surface area contributed by atoms with Gasteiger partial charge in [-0.05, 0) is 24.6 Å². The molecular weight excluding hydrogens is 244 g/mol. The molecule has 0 bridgehead atoms. The van der Waals surface area contributed by atoms with Crippen LogP contribution >= 0.6 is 0 Å². The highest BCUT2D eigenvalue weighted by Gasteiger charge is 2.29. The molecular formula is C14H18N2O3. The highest BCUT2D eigenvalue weighted by atomic mass is 16.5. The number of amides is 2. The van der Waals surface area contributed by atoms with E-state index in [-0.39, 0.29) is 12.1 Å². The maximum absolute atomic E-state index is 11.7. The van der Waals surface area contributed by atoms with E-state index < -0.39 is 0 Å². The Bertz CT molecular complexity index is 490. The van der Waals surface area contributed by atoms with Gasteiger partial charge < -0.3 is 19.7 Å². The molecule has 2 amide bonds. The summed E-state index contributed by atoms with van der Waals surface area (Å²) in [5.74, 6) is 1.57. The van der Waals surface area contributed by atoms with E-state index in [0.717, 1.165) is 30.0 Å². The van der Waals surface area contributed by atoms with Crippen molar-refractivity contribution >= 4 is 6.03 Å². The topological polar surface area (TPSA) is 50.8 Å². The van der Waals surface area contributed by atoms with Crippen LogP contribution in [0, 0.1) is 0 Å². The summed E-state index contributed by atoms with van der Waals surface area (Å²) in [5, 5.41) is 2.98. The molecule has 1 fully saturated rings. The van der Waals surface area contributed by atoms with Crippen LogP contribution in [0.4, 0.5) is 4.79 Å². The highest BCUT2D eigenvalue weighted by Crippen LogP contribution is 2.33. The molecule has 1 N–H and O–H groups in total. The molecule has 102 valence electrons. The van der Waals surface area contributed by atoms with Crippen molar-refractivity contribution in [2.45, 2.75) is 19.4 Å². The number of carbonyl (C=O) groups is 1. The Hall–Kier alpha value is -1.91. The van der Waals surface area contributed by atoms with Gasteiger partial charge in [-0.3, -0.25) is 0 Å². The van der Waals surface area contributed by atoms with Crippen LogP contribution in [0.1, 0.15) is 24.9 Å². The third kappa shape index (κ3) is 2.32. The third-order valence-electron chi connectivity index (χ3n) is 3.54. The summed E-state index contributed by atoms with van der Waals surface area (Å²) in [6.45, 7) is 4.78. The van der Waals surface area contributed by atoms with Crippen molar-refractivity contribution in [2.24, 2.45) is 0 Å². The zero-order valence-electron chi connectivity index (χ0n) is 11.0. The molecule has 0 aliphatic carbocycles. The smallest absolute Gasteiger partial charge is 0.318 e. The van der Waals surface area contributed by atoms with Crippen LogP contribution < -0.4 is 14.8 Å². The van der Waals surface area contributed by atoms with E-state index in [1.807, 2.05) is 25.1 Å². The largest absolute Gasteiger partial charge is 0.490 e. The summed E-state index contributed by atoms with van der Waals surface area (Å²) >= 11 is 0. The van der Waals surface area contributed by atoms with Gasteiger partial charge in [0.1, 0.15) is 0 Å². The molecule has 1 aromatic carbocycles. The fraction of sp³-hybridized carbons (Fsp3) is 0.500. The summed E-state index contributed by atoms with van der Waals surface area (Å²) in [6, 6.07) is 5.93. The van der Waals surface area contributed by atoms with Gasteiger partial charge in [0.05, 0.1) is 19.3 Å². The Morgan fingerprint density at radius 3 is 2.84 bits per heavy atom. The van der Waals surface area contributed by atoms with E-state index in [4.69, 9.17) is 9.47 Å². The molecule has 5 heteroatoms. The SMILES string of the molecule is CCN1CC(c2ccc3c(c2)OCCCO3)NC1=O. The lowest BCUT2D eigenvalue weighted by molar-refractivity contribution is 0.219. The lowest BCUT2D eigenvalue weighted by Crippen LogP contribution is -2.27. The molecule has 0 aromatic heterocycles. The molecule has 5 nitrogen and oxygen atoms in total. The summed E-state index contributed by atoms with van der Waals surface area (Å²) in [7, 11) is 0. The number of benzene rings is 1. The van der Waals surface area contributed by atoms with Crippen LogP contribution in [0.3, 0.4) is 0 Å². The van der Waals surface area contributed by atoms with E-state index >= 15 is 0 Å². The van der Waals surface area contributed by atoms with Crippen LogP contribution in [0.2, 0.25) is 0 Å². The van der Waals surface area contributed by atoms with Crippen LogP contribution in [-0.4, -0.2) is 37.2 Å². The number of rotatable bonds is 2. The van der Waals surface area contributed by atoms with Crippen molar-refractivity contribution in [2.75, 3.05) is 26.3 Å². The number of likely N-dealkylation sites (N-methyl/N-ethyl adjacent to an activating group) is 1. The van der Waals surface area contributed by atoms with Gasteiger partial charge in [0, 0.05) is 19.5 Å². The first-order chi connectivity index (χ1) is 9.28. The lowest BCUT2D eigenvalue weighted by atomic mass is 10.1. The predicted octanol–water partition coefficient (Wildman–Crippen LogP) is 1.93. The van der Waals surface area contributed by atoms with Gasteiger partial charge in [-0.1, -0.05) is 6.07 Å². The quantitative estimate of drug-likeness (QED) is 0.886. The average molecular weight is 262 g/mol. The van der Waals surface area contributed by atoms with Gasteiger partial charge in [-0.2, -0.15) is 0 Å². The van der Waals surface area contributed by atoms with Crippen molar-refractivity contribution < 1.29 is 14.3 Å². The first-order valence-electron chi connectivity index (χ1n) is 6.73. The Morgan fingerprint density at radius 1 is 1.32 bits per heavy atom. The van der Waals surface area contributed by atoms with E-state index in [1.54, 1.807) is 4.90 Å². The van der Waals surface area contributed by atoms with Crippen LogP contribution in [0.15, 0.2) is 18.2 Å². The van der Waals surface area contributed by atoms with E-state index in [1.165, 1.54) is 0 Å². The monoisotopic (exact) mass is 262 g/mol. The van der Waals surface area contributed by atoms with Crippen molar-refractivity contribution in [3.63, 3.8) is 0 Å². The van der Waals surface area contributed by atoms with Gasteiger partial charge in [0.15, 0.2) is 11.5 Å². The highest BCUT2D eigenvalue weighted by molar-refractivity contribution is 5.77. The van der Waals surface area contributed by atoms with Gasteiger partial charge in [-0.15, -0.1) is 0 Å². The van der Waals surface area contributed by atoms with Crippen LogP contribution in [-0.2, 0) is 0 Å². The molecule has 1 saturated heterocycles. The second-order valence-corrected chi connectivity index (χ2v) is 4.80. The Kier molecular flexibility index (Phi) is 3.19. The zero-order chi connectivity index (χ0) is 13.2. The molecule has 2 aliphatic rings. The molecule has 1 atom stereocenters. The summed E-state index contributed by atoms with van der Waals surface area (Å²) < 4.78 is 11.3. The number of carbonyl (C=O) groups excluding carboxylic acids is 1. The fourth-order valence-electron chi connectivity index (χ4n) is 2.45. The van der Waals surface area contributed by atoms with Crippen molar-refractivity contribution in [1.82, 2.24) is 10.2 Å². The number of hydrogen-bond donors (Lipinski definition) is 1. The number of nitrogens with zero attached hydrogens (tertiary/aromatic N) is 1. The normalized spacial score (nSPS) is 22.1. The van der Waals surface area contributed by atoms with Crippen molar-refractivity contribution in [3.05, 3.63) is 23.8 Å². The minimum absolute atomic E-state index is 0.000360. The molecule has 1 unspecified atom stereocenters. The van der Waals surface area contributed by atoms with Crippen LogP contribution in [0.5, 0.6) is 11.5 Å². The van der Waals surface area contributed by atoms with Gasteiger partial charge in [0.25, 0.3) is 0 Å². The number of hydrogen-bond acceptors (Lipinski definition) is 3. The van der Waals surface area contributed by atoms with Crippen molar-refractivity contribution in [1.29, 1.82) is 0 Å². The number of ether oxygens (including phenoxy) is 2. The number of fused-ring (bicyclic) bond motifs is 1. The first kappa shape index (κ1) is 12.1. The van der Waals surface area contributed by atoms with Gasteiger partial charge in [0.2, 0.25) is 0 Å². The van der Waals surface area contributed by atoms with Gasteiger partial charge in [-0.25, -0.2) is 4.79 Å². The summed E-state index contributed by atoms with van der Waals surface area (Å²) in [5.41, 5.74) is 1.06. The lowest BCUT2D eigenvalue weighted by Gasteiger charge is -2.14. The fourth-order valence-corrected chi connectivity index (χ4v) is 2.45. The standard InChI is InChI=1S/C14H18N2O3/c1-2-16-9-11(15-14(16)17)10-4-5-12-13(8-10)19-7-3-6-18-12/h4-5,8,11H,2-3,6-7,9H2,1H3,(H,15,17). The average Bonchev–Trinajstić information content (AvgIpc) is 2.66. The Labute approximate surface area is 112 Å². The van der Waals surface area contributed by atoms with E-state index in [2.05, 4.69) is 5.32 Å². The molecule has 2 heterocycles. The maximum atomic E-state index is 11.7. The second-order valence-electron chi connectivity index (χ2n) is 4.80. The first-order valence-corrected chi connectivity index (χ1v) is 6.73. The van der Waals surface area contributed by atoms with E-state index in [0.29, 0.717) is 19.8 Å². The number of urea groups is 1. The zero-order valence-corrected chi connectivity index (χ0v) is 11.0. The molecule has 19 heavy (non-hydrogen) atoms. The Morgan fingerprint density at radius 2 is 2.11 bits per heavy atom. The minimum Gasteiger partial charge on any atom is -0.490 e. The molecule has 1 aromatic rings. The van der Waals surface area contributed by atoms with Crippen molar-refractivity contribution in [3.8, 4) is 11.5 Å². The predicted molar refractivity (Wildman–Crippen MR) is 70.6 cm³/mol. The molecule has 3 rings (SSSR count). The molecule has 2 aliphatic heterocycles. The third-order valence-corrected chi connectivity index (χ3v) is 3.54. The second kappa shape index (κ2) is 4.99. The van der Waals surface area contributed by atoms with E-state index in [9.17, 15) is 4.79 Å². The molecule has 0 radical (unpaired) electrons. The Balaban J connectivity index is 1.82. The number of nitrogens with one attached hydrogen (secondary N) is 1. The minimum atomic E-state index is -0.000360. The maximum Gasteiger partial charge on any atom is 0.318 e.